The molecular weight excluding hydrogens is 312 g/mol. The predicted molar refractivity (Wildman–Crippen MR) is 78.4 cm³/mol. The van der Waals surface area contributed by atoms with Crippen molar-refractivity contribution in [3.05, 3.63) is 28.8 Å². The molecule has 0 spiro atoms. The third-order valence-electron chi connectivity index (χ3n) is 3.49. The van der Waals surface area contributed by atoms with E-state index in [-0.39, 0.29) is 33.7 Å². The van der Waals surface area contributed by atoms with Gasteiger partial charge < -0.3 is 0 Å². The Kier molecular flexibility index (Phi) is 4.67. The van der Waals surface area contributed by atoms with Crippen molar-refractivity contribution in [2.45, 2.75) is 37.1 Å². The van der Waals surface area contributed by atoms with Crippen molar-refractivity contribution in [2.24, 2.45) is 0 Å². The monoisotopic (exact) mass is 326 g/mol. The summed E-state index contributed by atoms with van der Waals surface area (Å²) < 4.78 is 26.8. The maximum Gasteiger partial charge on any atom is 0.244 e. The van der Waals surface area contributed by atoms with Gasteiger partial charge in [-0.2, -0.15) is 9.57 Å². The van der Waals surface area contributed by atoms with Crippen molar-refractivity contribution in [1.29, 1.82) is 5.26 Å². The van der Waals surface area contributed by atoms with Gasteiger partial charge in [-0.25, -0.2) is 8.42 Å². The molecule has 0 radical (unpaired) electrons. The van der Waals surface area contributed by atoms with Crippen LogP contribution in [-0.2, 0) is 14.8 Å². The Morgan fingerprint density at radius 2 is 2.24 bits per heavy atom. The number of carbonyl (C=O) groups excluding carboxylic acids is 1. The Bertz CT molecular complexity index is 709. The predicted octanol–water partition coefficient (Wildman–Crippen LogP) is 2.34. The molecule has 1 aliphatic heterocycles. The lowest BCUT2D eigenvalue weighted by Crippen LogP contribution is -2.36. The topological polar surface area (TPSA) is 78.2 Å². The van der Waals surface area contributed by atoms with Gasteiger partial charge in [-0.15, -0.1) is 0 Å². The van der Waals surface area contributed by atoms with Crippen LogP contribution in [0.2, 0.25) is 5.02 Å². The molecule has 0 bridgehead atoms. The number of carbonyl (C=O) groups is 1. The fraction of sp³-hybridized carbons (Fsp3) is 0.429. The third-order valence-corrected chi connectivity index (χ3v) is 5.93. The second-order valence-electron chi connectivity index (χ2n) is 5.07. The molecule has 0 aliphatic carbocycles. The fourth-order valence-corrected chi connectivity index (χ4v) is 4.75. The van der Waals surface area contributed by atoms with Crippen LogP contribution in [0.1, 0.15) is 31.7 Å². The number of benzene rings is 1. The van der Waals surface area contributed by atoms with Crippen LogP contribution in [0.25, 0.3) is 0 Å². The molecule has 5 nitrogen and oxygen atoms in total. The van der Waals surface area contributed by atoms with Gasteiger partial charge in [0.05, 0.1) is 16.7 Å². The number of halogens is 1. The average molecular weight is 327 g/mol. The first-order valence-corrected chi connectivity index (χ1v) is 8.39. The van der Waals surface area contributed by atoms with Gasteiger partial charge in [-0.05, 0) is 38.0 Å². The van der Waals surface area contributed by atoms with Gasteiger partial charge in [-0.1, -0.05) is 11.6 Å². The first-order valence-electron chi connectivity index (χ1n) is 6.57. The number of rotatable bonds is 4. The lowest BCUT2D eigenvalue weighted by atomic mass is 10.1. The Morgan fingerprint density at radius 1 is 1.52 bits per heavy atom. The Balaban J connectivity index is 2.42. The van der Waals surface area contributed by atoms with Crippen LogP contribution in [0, 0.1) is 11.3 Å². The van der Waals surface area contributed by atoms with Crippen LogP contribution in [0.3, 0.4) is 0 Å². The van der Waals surface area contributed by atoms with E-state index in [0.717, 1.165) is 0 Å². The van der Waals surface area contributed by atoms with E-state index in [0.29, 0.717) is 19.4 Å². The molecule has 2 rings (SSSR count). The van der Waals surface area contributed by atoms with Gasteiger partial charge in [0.25, 0.3) is 0 Å². The number of Topliss-reactive ketones (excluding diaryl/α,β-unsaturated/α-hetero) is 1. The minimum atomic E-state index is -3.80. The summed E-state index contributed by atoms with van der Waals surface area (Å²) in [5.74, 6) is -0.0426. The molecule has 1 atom stereocenters. The first-order chi connectivity index (χ1) is 9.86. The van der Waals surface area contributed by atoms with Crippen molar-refractivity contribution < 1.29 is 13.2 Å². The SMILES string of the molecule is CC(=O)CC1CCCN1S(=O)(=O)c1cc(C#N)ccc1Cl. The van der Waals surface area contributed by atoms with Crippen LogP contribution >= 0.6 is 11.6 Å². The quantitative estimate of drug-likeness (QED) is 0.850. The Labute approximate surface area is 129 Å². The summed E-state index contributed by atoms with van der Waals surface area (Å²) in [5, 5.41) is 8.99. The molecule has 112 valence electrons. The standard InChI is InChI=1S/C14H15ClN2O3S/c1-10(18)7-12-3-2-6-17(12)21(19,20)14-8-11(9-16)4-5-13(14)15/h4-5,8,12H,2-3,6-7H2,1H3. The second kappa shape index (κ2) is 6.14. The van der Waals surface area contributed by atoms with Gasteiger partial charge >= 0.3 is 0 Å². The summed E-state index contributed by atoms with van der Waals surface area (Å²) in [4.78, 5) is 11.2. The molecule has 0 aromatic heterocycles. The number of nitriles is 1. The molecule has 1 aromatic rings. The van der Waals surface area contributed by atoms with Crippen molar-refractivity contribution >= 4 is 27.4 Å². The Hall–Kier alpha value is -1.42. The van der Waals surface area contributed by atoms with Gasteiger partial charge in [0.15, 0.2) is 0 Å². The molecule has 1 fully saturated rings. The molecule has 0 saturated carbocycles. The highest BCUT2D eigenvalue weighted by atomic mass is 35.5. The van der Waals surface area contributed by atoms with Crippen LogP contribution in [0.15, 0.2) is 23.1 Å². The summed E-state index contributed by atoms with van der Waals surface area (Å²) in [7, 11) is -3.80. The molecule has 21 heavy (non-hydrogen) atoms. The number of hydrogen-bond acceptors (Lipinski definition) is 4. The molecule has 1 aliphatic rings. The Morgan fingerprint density at radius 3 is 2.86 bits per heavy atom. The highest BCUT2D eigenvalue weighted by Gasteiger charge is 2.36. The number of ketones is 1. The molecular formula is C14H15ClN2O3S. The van der Waals surface area contributed by atoms with Crippen molar-refractivity contribution in [3.63, 3.8) is 0 Å². The number of sulfonamides is 1. The maximum atomic E-state index is 12.7. The molecule has 1 saturated heterocycles. The normalized spacial score (nSPS) is 19.4. The van der Waals surface area contributed by atoms with Crippen molar-refractivity contribution in [3.8, 4) is 6.07 Å². The molecule has 1 unspecified atom stereocenters. The number of nitrogens with zero attached hydrogens (tertiary/aromatic N) is 2. The molecule has 1 heterocycles. The average Bonchev–Trinajstić information content (AvgIpc) is 2.87. The zero-order valence-electron chi connectivity index (χ0n) is 11.5. The molecule has 0 N–H and O–H groups in total. The smallest absolute Gasteiger partial charge is 0.244 e. The molecule has 1 aromatic carbocycles. The number of hydrogen-bond donors (Lipinski definition) is 0. The van der Waals surface area contributed by atoms with E-state index in [9.17, 15) is 13.2 Å². The fourth-order valence-electron chi connectivity index (χ4n) is 2.56. The lowest BCUT2D eigenvalue weighted by Gasteiger charge is -2.23. The summed E-state index contributed by atoms with van der Waals surface area (Å²) in [6.45, 7) is 1.82. The van der Waals surface area contributed by atoms with Gasteiger partial charge in [0, 0.05) is 19.0 Å². The largest absolute Gasteiger partial charge is 0.300 e. The van der Waals surface area contributed by atoms with Gasteiger partial charge in [-0.3, -0.25) is 4.79 Å². The zero-order valence-corrected chi connectivity index (χ0v) is 13.1. The second-order valence-corrected chi connectivity index (χ2v) is 7.34. The van der Waals surface area contributed by atoms with E-state index in [1.54, 1.807) is 0 Å². The van der Waals surface area contributed by atoms with E-state index >= 15 is 0 Å². The van der Waals surface area contributed by atoms with Crippen LogP contribution in [0.4, 0.5) is 0 Å². The van der Waals surface area contributed by atoms with Gasteiger partial charge in [0.1, 0.15) is 10.7 Å². The van der Waals surface area contributed by atoms with Crippen LogP contribution in [0.5, 0.6) is 0 Å². The van der Waals surface area contributed by atoms with Crippen LogP contribution < -0.4 is 0 Å². The van der Waals surface area contributed by atoms with Crippen molar-refractivity contribution in [2.75, 3.05) is 6.54 Å². The van der Waals surface area contributed by atoms with Crippen molar-refractivity contribution in [1.82, 2.24) is 4.31 Å². The highest BCUT2D eigenvalue weighted by molar-refractivity contribution is 7.89. The van der Waals surface area contributed by atoms with E-state index in [2.05, 4.69) is 0 Å². The zero-order chi connectivity index (χ0) is 15.6. The third kappa shape index (κ3) is 3.26. The van der Waals surface area contributed by atoms with E-state index in [4.69, 9.17) is 16.9 Å². The molecule has 0 amide bonds. The summed E-state index contributed by atoms with van der Waals surface area (Å²) >= 11 is 5.99. The lowest BCUT2D eigenvalue weighted by molar-refractivity contribution is -0.117. The summed E-state index contributed by atoms with van der Waals surface area (Å²) in [6.07, 6.45) is 1.58. The maximum absolute atomic E-state index is 12.7. The van der Waals surface area contributed by atoms with Gasteiger partial charge in [0.2, 0.25) is 10.0 Å². The summed E-state index contributed by atoms with van der Waals surface area (Å²) in [6, 6.07) is 5.74. The highest BCUT2D eigenvalue weighted by Crippen LogP contribution is 2.31. The first kappa shape index (κ1) is 16.0. The minimum Gasteiger partial charge on any atom is -0.300 e. The van der Waals surface area contributed by atoms with E-state index in [1.807, 2.05) is 6.07 Å². The molecule has 7 heteroatoms. The van der Waals surface area contributed by atoms with E-state index < -0.39 is 10.0 Å². The minimum absolute atomic E-state index is 0.0426. The summed E-state index contributed by atoms with van der Waals surface area (Å²) in [5.41, 5.74) is 0.236. The van der Waals surface area contributed by atoms with E-state index in [1.165, 1.54) is 29.4 Å². The van der Waals surface area contributed by atoms with Crippen LogP contribution in [-0.4, -0.2) is 31.1 Å².